The van der Waals surface area contributed by atoms with Crippen LogP contribution < -0.4 is 16.0 Å². The van der Waals surface area contributed by atoms with Crippen LogP contribution >= 0.6 is 11.6 Å². The smallest absolute Gasteiger partial charge is 0.274 e. The highest BCUT2D eigenvalue weighted by Crippen LogP contribution is 2.24. The lowest BCUT2D eigenvalue weighted by molar-refractivity contribution is -0.114. The molecular weight excluding hydrogens is 366 g/mol. The van der Waals surface area contributed by atoms with Crippen molar-refractivity contribution >= 4 is 46.3 Å². The summed E-state index contributed by atoms with van der Waals surface area (Å²) >= 11 is 6.12. The maximum atomic E-state index is 12.5. The number of amides is 2. The van der Waals surface area contributed by atoms with Gasteiger partial charge in [-0.2, -0.15) is 0 Å². The Labute approximate surface area is 160 Å². The number of hydrogen-bond donors (Lipinski definition) is 3. The maximum Gasteiger partial charge on any atom is 0.274 e. The van der Waals surface area contributed by atoms with Crippen LogP contribution in [0.2, 0.25) is 5.02 Å². The second-order valence-corrected chi connectivity index (χ2v) is 6.02. The molecule has 1 heterocycles. The van der Waals surface area contributed by atoms with Gasteiger partial charge < -0.3 is 16.0 Å². The number of carbonyl (C=O) groups is 2. The van der Waals surface area contributed by atoms with Crippen molar-refractivity contribution in [1.29, 1.82) is 0 Å². The third kappa shape index (κ3) is 5.02. The summed E-state index contributed by atoms with van der Waals surface area (Å²) in [7, 11) is 0. The Hall–Kier alpha value is -3.45. The molecule has 0 aliphatic rings. The fraction of sp³-hybridized carbons (Fsp3) is 0.0526. The number of nitrogens with one attached hydrogen (secondary N) is 3. The molecule has 0 unspecified atom stereocenters. The van der Waals surface area contributed by atoms with Crippen molar-refractivity contribution in [2.45, 2.75) is 6.92 Å². The zero-order valence-corrected chi connectivity index (χ0v) is 15.1. The SMILES string of the molecule is CC(=O)Nc1cccc(NC(=O)c2cc(Nc3ccccc3Cl)ncn2)c1. The van der Waals surface area contributed by atoms with Crippen LogP contribution in [0.25, 0.3) is 0 Å². The first-order valence-corrected chi connectivity index (χ1v) is 8.41. The summed E-state index contributed by atoms with van der Waals surface area (Å²) < 4.78 is 0. The third-order valence-corrected chi connectivity index (χ3v) is 3.81. The molecule has 0 saturated carbocycles. The van der Waals surface area contributed by atoms with E-state index in [1.165, 1.54) is 19.3 Å². The highest BCUT2D eigenvalue weighted by Gasteiger charge is 2.10. The number of carbonyl (C=O) groups excluding carboxylic acids is 2. The minimum absolute atomic E-state index is 0.185. The van der Waals surface area contributed by atoms with Gasteiger partial charge in [0.1, 0.15) is 17.8 Å². The molecule has 0 radical (unpaired) electrons. The summed E-state index contributed by atoms with van der Waals surface area (Å²) in [5.74, 6) is -0.153. The molecule has 0 spiro atoms. The van der Waals surface area contributed by atoms with Crippen LogP contribution in [-0.2, 0) is 4.79 Å². The first kappa shape index (κ1) is 18.3. The topological polar surface area (TPSA) is 96.0 Å². The molecule has 0 aliphatic heterocycles. The van der Waals surface area contributed by atoms with E-state index in [9.17, 15) is 9.59 Å². The van der Waals surface area contributed by atoms with Crippen molar-refractivity contribution in [3.05, 3.63) is 71.6 Å². The molecule has 1 aromatic heterocycles. The van der Waals surface area contributed by atoms with E-state index in [1.807, 2.05) is 12.1 Å². The molecule has 7 nitrogen and oxygen atoms in total. The predicted molar refractivity (Wildman–Crippen MR) is 105 cm³/mol. The summed E-state index contributed by atoms with van der Waals surface area (Å²) in [6.45, 7) is 1.42. The second-order valence-electron chi connectivity index (χ2n) is 5.61. The van der Waals surface area contributed by atoms with E-state index in [1.54, 1.807) is 36.4 Å². The van der Waals surface area contributed by atoms with Crippen LogP contribution in [0.1, 0.15) is 17.4 Å². The number of halogens is 1. The molecule has 0 saturated heterocycles. The average molecular weight is 382 g/mol. The van der Waals surface area contributed by atoms with E-state index >= 15 is 0 Å². The van der Waals surface area contributed by atoms with Crippen molar-refractivity contribution in [3.63, 3.8) is 0 Å². The molecule has 136 valence electrons. The Bertz CT molecular complexity index is 993. The Kier molecular flexibility index (Phi) is 5.63. The minimum Gasteiger partial charge on any atom is -0.339 e. The van der Waals surface area contributed by atoms with E-state index in [0.717, 1.165) is 0 Å². The van der Waals surface area contributed by atoms with Gasteiger partial charge in [0.25, 0.3) is 5.91 Å². The van der Waals surface area contributed by atoms with Gasteiger partial charge in [-0.3, -0.25) is 9.59 Å². The summed E-state index contributed by atoms with van der Waals surface area (Å²) in [6.07, 6.45) is 1.29. The zero-order valence-electron chi connectivity index (χ0n) is 14.4. The lowest BCUT2D eigenvalue weighted by atomic mass is 10.2. The largest absolute Gasteiger partial charge is 0.339 e. The van der Waals surface area contributed by atoms with Crippen molar-refractivity contribution in [2.24, 2.45) is 0 Å². The van der Waals surface area contributed by atoms with Crippen LogP contribution in [0.3, 0.4) is 0 Å². The molecule has 0 bridgehead atoms. The molecule has 0 atom stereocenters. The van der Waals surface area contributed by atoms with Crippen molar-refractivity contribution in [3.8, 4) is 0 Å². The predicted octanol–water partition coefficient (Wildman–Crippen LogP) is 4.08. The van der Waals surface area contributed by atoms with Gasteiger partial charge in [-0.25, -0.2) is 9.97 Å². The van der Waals surface area contributed by atoms with Crippen molar-refractivity contribution < 1.29 is 9.59 Å². The number of para-hydroxylation sites is 1. The van der Waals surface area contributed by atoms with Gasteiger partial charge in [0.05, 0.1) is 10.7 Å². The van der Waals surface area contributed by atoms with E-state index in [-0.39, 0.29) is 11.6 Å². The monoisotopic (exact) mass is 381 g/mol. The summed E-state index contributed by atoms with van der Waals surface area (Å²) in [5.41, 5.74) is 1.98. The van der Waals surface area contributed by atoms with Gasteiger partial charge in [0.2, 0.25) is 5.91 Å². The first-order chi connectivity index (χ1) is 13.0. The fourth-order valence-corrected chi connectivity index (χ4v) is 2.51. The van der Waals surface area contributed by atoms with Crippen LogP contribution in [0.15, 0.2) is 60.9 Å². The first-order valence-electron chi connectivity index (χ1n) is 8.04. The number of rotatable bonds is 5. The molecule has 8 heteroatoms. The van der Waals surface area contributed by atoms with E-state index < -0.39 is 5.91 Å². The minimum atomic E-state index is -0.403. The van der Waals surface area contributed by atoms with Crippen LogP contribution in [0.5, 0.6) is 0 Å². The molecule has 3 N–H and O–H groups in total. The Morgan fingerprint density at radius 1 is 0.926 bits per heavy atom. The Balaban J connectivity index is 1.74. The summed E-state index contributed by atoms with van der Waals surface area (Å²) in [5, 5.41) is 8.99. The molecule has 0 fully saturated rings. The standard InChI is InChI=1S/C19H16ClN5O2/c1-12(26)23-13-5-4-6-14(9-13)24-19(27)17-10-18(22-11-21-17)25-16-8-3-2-7-15(16)20/h2-11H,1H3,(H,23,26)(H,24,27)(H,21,22,25). The third-order valence-electron chi connectivity index (χ3n) is 3.48. The summed E-state index contributed by atoms with van der Waals surface area (Å²) in [4.78, 5) is 31.7. The fourth-order valence-electron chi connectivity index (χ4n) is 2.32. The van der Waals surface area contributed by atoms with Crippen molar-refractivity contribution in [1.82, 2.24) is 9.97 Å². The molecule has 3 aromatic rings. The summed E-state index contributed by atoms with van der Waals surface area (Å²) in [6, 6.07) is 15.6. The van der Waals surface area contributed by atoms with Gasteiger partial charge in [-0.15, -0.1) is 0 Å². The van der Waals surface area contributed by atoms with E-state index in [2.05, 4.69) is 25.9 Å². The number of aromatic nitrogens is 2. The van der Waals surface area contributed by atoms with Gasteiger partial charge >= 0.3 is 0 Å². The van der Waals surface area contributed by atoms with Crippen LogP contribution in [0, 0.1) is 0 Å². The number of nitrogens with zero attached hydrogens (tertiary/aromatic N) is 2. The normalized spacial score (nSPS) is 10.1. The quantitative estimate of drug-likeness (QED) is 0.618. The molecule has 2 amide bonds. The number of anilines is 4. The molecule has 0 aliphatic carbocycles. The number of hydrogen-bond acceptors (Lipinski definition) is 5. The molecule has 2 aromatic carbocycles. The van der Waals surface area contributed by atoms with Crippen LogP contribution in [-0.4, -0.2) is 21.8 Å². The van der Waals surface area contributed by atoms with Gasteiger partial charge in [0, 0.05) is 24.4 Å². The molecule has 27 heavy (non-hydrogen) atoms. The Morgan fingerprint density at radius 3 is 2.41 bits per heavy atom. The zero-order chi connectivity index (χ0) is 19.2. The number of benzene rings is 2. The molecular formula is C19H16ClN5O2. The van der Waals surface area contributed by atoms with Crippen LogP contribution in [0.4, 0.5) is 22.9 Å². The van der Waals surface area contributed by atoms with E-state index in [0.29, 0.717) is 27.9 Å². The maximum absolute atomic E-state index is 12.5. The highest BCUT2D eigenvalue weighted by molar-refractivity contribution is 6.33. The van der Waals surface area contributed by atoms with Gasteiger partial charge in [-0.1, -0.05) is 29.8 Å². The second kappa shape index (κ2) is 8.29. The lowest BCUT2D eigenvalue weighted by Gasteiger charge is -2.09. The lowest BCUT2D eigenvalue weighted by Crippen LogP contribution is -2.14. The van der Waals surface area contributed by atoms with Gasteiger partial charge in [0.15, 0.2) is 0 Å². The highest BCUT2D eigenvalue weighted by atomic mass is 35.5. The van der Waals surface area contributed by atoms with Crippen molar-refractivity contribution in [2.75, 3.05) is 16.0 Å². The van der Waals surface area contributed by atoms with Gasteiger partial charge in [-0.05, 0) is 30.3 Å². The van der Waals surface area contributed by atoms with E-state index in [4.69, 9.17) is 11.6 Å². The molecule has 3 rings (SSSR count). The average Bonchev–Trinajstić information content (AvgIpc) is 2.64. The Morgan fingerprint density at radius 2 is 1.67 bits per heavy atom.